The van der Waals surface area contributed by atoms with E-state index in [1.165, 1.54) is 23.1 Å². The Kier molecular flexibility index (Phi) is 5.25. The van der Waals surface area contributed by atoms with Crippen LogP contribution in [0.5, 0.6) is 0 Å². The normalized spacial score (nSPS) is 17.0. The predicted molar refractivity (Wildman–Crippen MR) is 95.2 cm³/mol. The molecule has 130 valence electrons. The van der Waals surface area contributed by atoms with E-state index in [0.29, 0.717) is 17.3 Å². The second-order valence-corrected chi connectivity index (χ2v) is 6.70. The van der Waals surface area contributed by atoms with Gasteiger partial charge in [-0.3, -0.25) is 9.59 Å². The van der Waals surface area contributed by atoms with Crippen LogP contribution >= 0.6 is 23.2 Å². The summed E-state index contributed by atoms with van der Waals surface area (Å²) in [7, 11) is 0. The summed E-state index contributed by atoms with van der Waals surface area (Å²) in [6.45, 7) is 0.578. The Morgan fingerprint density at radius 2 is 2.04 bits per heavy atom. The molecule has 2 aromatic rings. The van der Waals surface area contributed by atoms with Crippen LogP contribution in [0.4, 0.5) is 10.1 Å². The molecular weight excluding hydrogens is 366 g/mol. The van der Waals surface area contributed by atoms with Gasteiger partial charge in [-0.15, -0.1) is 0 Å². The molecule has 1 heterocycles. The van der Waals surface area contributed by atoms with Gasteiger partial charge in [0.25, 0.3) is 0 Å². The van der Waals surface area contributed by atoms with E-state index in [-0.39, 0.29) is 29.8 Å². The number of anilines is 1. The minimum Gasteiger partial charge on any atom is -0.352 e. The molecule has 0 spiro atoms. The van der Waals surface area contributed by atoms with Crippen LogP contribution < -0.4 is 10.2 Å². The molecule has 0 bridgehead atoms. The number of hydrogen-bond donors (Lipinski definition) is 1. The lowest BCUT2D eigenvalue weighted by Crippen LogP contribution is -2.32. The Morgan fingerprint density at radius 3 is 2.76 bits per heavy atom. The van der Waals surface area contributed by atoms with Gasteiger partial charge in [-0.1, -0.05) is 35.3 Å². The summed E-state index contributed by atoms with van der Waals surface area (Å²) in [5.41, 5.74) is 1.37. The number of nitrogens with zero attached hydrogens (tertiary/aromatic N) is 1. The van der Waals surface area contributed by atoms with Crippen molar-refractivity contribution in [3.8, 4) is 0 Å². The SMILES string of the molecule is O=C(NCc1cccc(Cl)c1)C1CC(=O)N(c2ccc(F)c(Cl)c2)C1. The zero-order chi connectivity index (χ0) is 18.0. The van der Waals surface area contributed by atoms with E-state index in [9.17, 15) is 14.0 Å². The smallest absolute Gasteiger partial charge is 0.227 e. The van der Waals surface area contributed by atoms with Crippen LogP contribution in [0.25, 0.3) is 0 Å². The number of rotatable bonds is 4. The van der Waals surface area contributed by atoms with Gasteiger partial charge in [-0.2, -0.15) is 0 Å². The summed E-state index contributed by atoms with van der Waals surface area (Å²) in [6.07, 6.45) is 0.108. The molecule has 1 unspecified atom stereocenters. The van der Waals surface area contributed by atoms with Crippen LogP contribution in [0, 0.1) is 11.7 Å². The maximum Gasteiger partial charge on any atom is 0.227 e. The molecule has 2 aromatic carbocycles. The largest absolute Gasteiger partial charge is 0.352 e. The Morgan fingerprint density at radius 1 is 1.24 bits per heavy atom. The molecule has 1 aliphatic heterocycles. The molecular formula is C18H15Cl2FN2O2. The van der Waals surface area contributed by atoms with Gasteiger partial charge < -0.3 is 10.2 Å². The van der Waals surface area contributed by atoms with Gasteiger partial charge in [0.15, 0.2) is 0 Å². The number of amides is 2. The lowest BCUT2D eigenvalue weighted by Gasteiger charge is -2.17. The topological polar surface area (TPSA) is 49.4 Å². The van der Waals surface area contributed by atoms with Crippen molar-refractivity contribution in [3.63, 3.8) is 0 Å². The van der Waals surface area contributed by atoms with Gasteiger partial charge in [0.2, 0.25) is 11.8 Å². The molecule has 1 fully saturated rings. The van der Waals surface area contributed by atoms with Crippen LogP contribution in [0.3, 0.4) is 0 Å². The van der Waals surface area contributed by atoms with Crippen molar-refractivity contribution in [2.24, 2.45) is 5.92 Å². The second-order valence-electron chi connectivity index (χ2n) is 5.85. The fourth-order valence-electron chi connectivity index (χ4n) is 2.77. The maximum absolute atomic E-state index is 13.3. The molecule has 1 saturated heterocycles. The standard InChI is InChI=1S/C18H15Cl2FN2O2/c19-13-3-1-2-11(6-13)9-22-18(25)12-7-17(24)23(10-12)14-4-5-16(21)15(20)8-14/h1-6,8,12H,7,9-10H2,(H,22,25). The van der Waals surface area contributed by atoms with Gasteiger partial charge in [0.05, 0.1) is 10.9 Å². The molecule has 2 amide bonds. The van der Waals surface area contributed by atoms with Gasteiger partial charge >= 0.3 is 0 Å². The summed E-state index contributed by atoms with van der Waals surface area (Å²) in [4.78, 5) is 26.0. The molecule has 0 aromatic heterocycles. The summed E-state index contributed by atoms with van der Waals surface area (Å²) in [5.74, 6) is -1.40. The molecule has 7 heteroatoms. The van der Waals surface area contributed by atoms with Crippen LogP contribution in [-0.2, 0) is 16.1 Å². The van der Waals surface area contributed by atoms with Crippen LogP contribution in [-0.4, -0.2) is 18.4 Å². The fraction of sp³-hybridized carbons (Fsp3) is 0.222. The quantitative estimate of drug-likeness (QED) is 0.876. The minimum absolute atomic E-state index is 0.0563. The van der Waals surface area contributed by atoms with Crippen molar-refractivity contribution in [3.05, 3.63) is 63.9 Å². The van der Waals surface area contributed by atoms with E-state index in [1.54, 1.807) is 12.1 Å². The van der Waals surface area contributed by atoms with E-state index in [4.69, 9.17) is 23.2 Å². The first-order valence-electron chi connectivity index (χ1n) is 7.71. The Bertz CT molecular complexity index is 828. The molecule has 1 aliphatic rings. The van der Waals surface area contributed by atoms with E-state index in [2.05, 4.69) is 5.32 Å². The maximum atomic E-state index is 13.3. The van der Waals surface area contributed by atoms with E-state index in [1.807, 2.05) is 12.1 Å². The fourth-order valence-corrected chi connectivity index (χ4v) is 3.15. The Hall–Kier alpha value is -2.11. The third-order valence-corrected chi connectivity index (χ3v) is 4.59. The summed E-state index contributed by atoms with van der Waals surface area (Å²) in [6, 6.07) is 11.3. The molecule has 4 nitrogen and oxygen atoms in total. The lowest BCUT2D eigenvalue weighted by atomic mass is 10.1. The highest BCUT2D eigenvalue weighted by molar-refractivity contribution is 6.31. The number of halogens is 3. The zero-order valence-electron chi connectivity index (χ0n) is 13.1. The van der Waals surface area contributed by atoms with Crippen molar-refractivity contribution < 1.29 is 14.0 Å². The van der Waals surface area contributed by atoms with Gasteiger partial charge in [-0.05, 0) is 35.9 Å². The first-order valence-corrected chi connectivity index (χ1v) is 8.47. The Labute approximate surface area is 154 Å². The molecule has 3 rings (SSSR count). The first-order chi connectivity index (χ1) is 11.9. The van der Waals surface area contributed by atoms with Crippen molar-refractivity contribution >= 4 is 40.7 Å². The van der Waals surface area contributed by atoms with Crippen molar-refractivity contribution in [1.82, 2.24) is 5.32 Å². The van der Waals surface area contributed by atoms with Crippen molar-refractivity contribution in [2.45, 2.75) is 13.0 Å². The number of carbonyl (C=O) groups is 2. The minimum atomic E-state index is -0.548. The average molecular weight is 381 g/mol. The van der Waals surface area contributed by atoms with E-state index >= 15 is 0 Å². The number of carbonyl (C=O) groups excluding carboxylic acids is 2. The predicted octanol–water partition coefficient (Wildman–Crippen LogP) is 3.80. The highest BCUT2D eigenvalue weighted by Crippen LogP contribution is 2.28. The van der Waals surface area contributed by atoms with Gasteiger partial charge in [0.1, 0.15) is 5.82 Å². The van der Waals surface area contributed by atoms with Crippen LogP contribution in [0.2, 0.25) is 10.0 Å². The van der Waals surface area contributed by atoms with E-state index < -0.39 is 11.7 Å². The third-order valence-electron chi connectivity index (χ3n) is 4.07. The Balaban J connectivity index is 1.63. The monoisotopic (exact) mass is 380 g/mol. The summed E-state index contributed by atoms with van der Waals surface area (Å²) < 4.78 is 13.3. The lowest BCUT2D eigenvalue weighted by molar-refractivity contribution is -0.126. The van der Waals surface area contributed by atoms with Gasteiger partial charge in [-0.25, -0.2) is 4.39 Å². The molecule has 0 aliphatic carbocycles. The van der Waals surface area contributed by atoms with Crippen molar-refractivity contribution in [2.75, 3.05) is 11.4 Å². The summed E-state index contributed by atoms with van der Waals surface area (Å²) >= 11 is 11.7. The third kappa shape index (κ3) is 4.11. The zero-order valence-corrected chi connectivity index (χ0v) is 14.6. The molecule has 1 N–H and O–H groups in total. The van der Waals surface area contributed by atoms with Crippen molar-refractivity contribution in [1.29, 1.82) is 0 Å². The highest BCUT2D eigenvalue weighted by Gasteiger charge is 2.35. The molecule has 0 saturated carbocycles. The second kappa shape index (κ2) is 7.42. The molecule has 1 atom stereocenters. The number of hydrogen-bond acceptors (Lipinski definition) is 2. The van der Waals surface area contributed by atoms with E-state index in [0.717, 1.165) is 5.56 Å². The number of nitrogens with one attached hydrogen (secondary N) is 1. The first kappa shape index (κ1) is 17.7. The van der Waals surface area contributed by atoms with Gasteiger partial charge in [0, 0.05) is 30.2 Å². The highest BCUT2D eigenvalue weighted by atomic mass is 35.5. The molecule has 0 radical (unpaired) electrons. The number of benzene rings is 2. The average Bonchev–Trinajstić information content (AvgIpc) is 2.97. The summed E-state index contributed by atoms with van der Waals surface area (Å²) in [5, 5.41) is 3.36. The molecule has 25 heavy (non-hydrogen) atoms. The van der Waals surface area contributed by atoms with Crippen LogP contribution in [0.1, 0.15) is 12.0 Å². The van der Waals surface area contributed by atoms with Crippen LogP contribution in [0.15, 0.2) is 42.5 Å².